The number of likely N-dealkylation sites (tertiary alicyclic amines) is 1. The molecule has 4 atom stereocenters. The molecule has 2 bridgehead atoms. The van der Waals surface area contributed by atoms with E-state index in [1.165, 1.54) is 0 Å². The van der Waals surface area contributed by atoms with Gasteiger partial charge in [0.05, 0.1) is 11.8 Å². The molecule has 0 spiro atoms. The Balaban J connectivity index is 1.80. The van der Waals surface area contributed by atoms with Gasteiger partial charge in [-0.2, -0.15) is 0 Å². The molecule has 1 heterocycles. The lowest BCUT2D eigenvalue weighted by atomic mass is 9.78. The fourth-order valence-electron chi connectivity index (χ4n) is 4.15. The Bertz CT molecular complexity index is 349. The van der Waals surface area contributed by atoms with Gasteiger partial charge in [0.15, 0.2) is 0 Å². The Morgan fingerprint density at radius 3 is 2.18 bits per heavy atom. The maximum Gasteiger partial charge on any atom is 0.307 e. The van der Waals surface area contributed by atoms with Crippen molar-refractivity contribution in [2.75, 3.05) is 13.1 Å². The third-order valence-corrected chi connectivity index (χ3v) is 4.90. The number of carbonyl (C=O) groups excluding carboxylic acids is 1. The number of fused-ring (bicyclic) bond motifs is 2. The zero-order valence-electron chi connectivity index (χ0n) is 9.97. The Labute approximate surface area is 101 Å². The Morgan fingerprint density at radius 1 is 1.00 bits per heavy atom. The highest BCUT2D eigenvalue weighted by atomic mass is 16.4. The second-order valence-electron chi connectivity index (χ2n) is 5.76. The minimum Gasteiger partial charge on any atom is -0.481 e. The van der Waals surface area contributed by atoms with Crippen molar-refractivity contribution in [3.63, 3.8) is 0 Å². The zero-order valence-corrected chi connectivity index (χ0v) is 9.97. The van der Waals surface area contributed by atoms with Crippen LogP contribution in [-0.2, 0) is 9.59 Å². The van der Waals surface area contributed by atoms with E-state index in [-0.39, 0.29) is 17.7 Å². The molecule has 1 aliphatic heterocycles. The fourth-order valence-corrected chi connectivity index (χ4v) is 4.15. The van der Waals surface area contributed by atoms with Crippen LogP contribution in [0.15, 0.2) is 0 Å². The first-order chi connectivity index (χ1) is 8.18. The average molecular weight is 237 g/mol. The van der Waals surface area contributed by atoms with Gasteiger partial charge in [-0.15, -0.1) is 0 Å². The van der Waals surface area contributed by atoms with Gasteiger partial charge in [-0.25, -0.2) is 0 Å². The largest absolute Gasteiger partial charge is 0.481 e. The minimum atomic E-state index is -0.755. The summed E-state index contributed by atoms with van der Waals surface area (Å²) in [7, 11) is 0. The molecule has 0 unspecified atom stereocenters. The molecule has 3 aliphatic rings. The molecule has 1 amide bonds. The monoisotopic (exact) mass is 237 g/mol. The fraction of sp³-hybridized carbons (Fsp3) is 0.846. The van der Waals surface area contributed by atoms with Crippen molar-refractivity contribution in [1.82, 2.24) is 4.90 Å². The molecule has 1 saturated heterocycles. The number of carbonyl (C=O) groups is 2. The number of hydrogen-bond acceptors (Lipinski definition) is 2. The van der Waals surface area contributed by atoms with Gasteiger partial charge >= 0.3 is 5.97 Å². The molecular formula is C13H19NO3. The van der Waals surface area contributed by atoms with Crippen LogP contribution in [0.4, 0.5) is 0 Å². The van der Waals surface area contributed by atoms with Crippen LogP contribution >= 0.6 is 0 Å². The summed E-state index contributed by atoms with van der Waals surface area (Å²) in [5.41, 5.74) is 0. The third-order valence-electron chi connectivity index (χ3n) is 4.90. The van der Waals surface area contributed by atoms with Crippen molar-refractivity contribution in [2.45, 2.75) is 32.1 Å². The maximum atomic E-state index is 12.4. The second-order valence-corrected chi connectivity index (χ2v) is 5.76. The first kappa shape index (κ1) is 11.1. The predicted molar refractivity (Wildman–Crippen MR) is 61.3 cm³/mol. The van der Waals surface area contributed by atoms with Gasteiger partial charge in [0, 0.05) is 13.1 Å². The summed E-state index contributed by atoms with van der Waals surface area (Å²) < 4.78 is 0. The molecule has 4 nitrogen and oxygen atoms in total. The Morgan fingerprint density at radius 2 is 1.59 bits per heavy atom. The molecule has 0 aromatic carbocycles. The van der Waals surface area contributed by atoms with Crippen molar-refractivity contribution in [2.24, 2.45) is 23.7 Å². The molecule has 4 heteroatoms. The topological polar surface area (TPSA) is 57.6 Å². The number of nitrogens with zero attached hydrogens (tertiary/aromatic N) is 1. The van der Waals surface area contributed by atoms with Crippen LogP contribution in [0.3, 0.4) is 0 Å². The smallest absolute Gasteiger partial charge is 0.307 e. The van der Waals surface area contributed by atoms with Crippen LogP contribution in [0.2, 0.25) is 0 Å². The van der Waals surface area contributed by atoms with Gasteiger partial charge in [-0.05, 0) is 43.9 Å². The summed E-state index contributed by atoms with van der Waals surface area (Å²) in [4.78, 5) is 25.7. The lowest BCUT2D eigenvalue weighted by molar-refractivity contribution is -0.152. The summed E-state index contributed by atoms with van der Waals surface area (Å²) in [5.74, 6) is -0.647. The normalized spacial score (nSPS) is 39.9. The van der Waals surface area contributed by atoms with Crippen LogP contribution in [0.1, 0.15) is 32.1 Å². The van der Waals surface area contributed by atoms with Crippen molar-refractivity contribution in [1.29, 1.82) is 0 Å². The standard InChI is InChI=1S/C13H19NO3/c15-12(14-5-1-2-6-14)10-8-3-4-9(7-8)11(10)13(16)17/h8-11H,1-7H2,(H,16,17)/t8-,9-,10-,11+/m1/s1. The van der Waals surface area contributed by atoms with Crippen LogP contribution in [0, 0.1) is 23.7 Å². The van der Waals surface area contributed by atoms with Crippen LogP contribution < -0.4 is 0 Å². The molecule has 0 aromatic heterocycles. The van der Waals surface area contributed by atoms with Gasteiger partial charge in [-0.3, -0.25) is 9.59 Å². The van der Waals surface area contributed by atoms with Crippen LogP contribution in [0.5, 0.6) is 0 Å². The number of hydrogen-bond donors (Lipinski definition) is 1. The average Bonchev–Trinajstić information content (AvgIpc) is 3.02. The Hall–Kier alpha value is -1.06. The molecular weight excluding hydrogens is 218 g/mol. The highest BCUT2D eigenvalue weighted by Crippen LogP contribution is 2.53. The lowest BCUT2D eigenvalue weighted by Crippen LogP contribution is -2.42. The van der Waals surface area contributed by atoms with Crippen LogP contribution in [-0.4, -0.2) is 35.0 Å². The number of aliphatic carboxylic acids is 1. The molecule has 17 heavy (non-hydrogen) atoms. The molecule has 3 fully saturated rings. The molecule has 0 radical (unpaired) electrons. The molecule has 2 saturated carbocycles. The first-order valence-electron chi connectivity index (χ1n) is 6.70. The summed E-state index contributed by atoms with van der Waals surface area (Å²) in [5, 5.41) is 9.33. The SMILES string of the molecule is O=C(O)[C@H]1[C@@H]2CC[C@H](C2)[C@H]1C(=O)N1CCCC1. The van der Waals surface area contributed by atoms with Gasteiger partial charge in [0.1, 0.15) is 0 Å². The maximum absolute atomic E-state index is 12.4. The Kier molecular flexibility index (Phi) is 2.60. The third kappa shape index (κ3) is 1.65. The van der Waals surface area contributed by atoms with Gasteiger partial charge in [-0.1, -0.05) is 0 Å². The molecule has 3 rings (SSSR count). The van der Waals surface area contributed by atoms with Crippen molar-refractivity contribution >= 4 is 11.9 Å². The molecule has 94 valence electrons. The quantitative estimate of drug-likeness (QED) is 0.788. The van der Waals surface area contributed by atoms with E-state index in [4.69, 9.17) is 0 Å². The summed E-state index contributed by atoms with van der Waals surface area (Å²) in [6.45, 7) is 1.66. The molecule has 0 aromatic rings. The molecule has 2 aliphatic carbocycles. The lowest BCUT2D eigenvalue weighted by Gasteiger charge is -2.30. The highest BCUT2D eigenvalue weighted by molar-refractivity contribution is 5.86. The zero-order chi connectivity index (χ0) is 12.0. The van der Waals surface area contributed by atoms with E-state index in [1.807, 2.05) is 4.90 Å². The minimum absolute atomic E-state index is 0.127. The summed E-state index contributed by atoms with van der Waals surface area (Å²) in [6.07, 6.45) is 5.17. The van der Waals surface area contributed by atoms with Crippen molar-refractivity contribution < 1.29 is 14.7 Å². The summed E-state index contributed by atoms with van der Waals surface area (Å²) >= 11 is 0. The van der Waals surface area contributed by atoms with E-state index in [1.54, 1.807) is 0 Å². The van der Waals surface area contributed by atoms with E-state index >= 15 is 0 Å². The van der Waals surface area contributed by atoms with Gasteiger partial charge < -0.3 is 10.0 Å². The molecule has 1 N–H and O–H groups in total. The first-order valence-corrected chi connectivity index (χ1v) is 6.70. The number of amides is 1. The van der Waals surface area contributed by atoms with Gasteiger partial charge in [0.2, 0.25) is 5.91 Å². The number of rotatable bonds is 2. The van der Waals surface area contributed by atoms with E-state index in [0.717, 1.165) is 45.2 Å². The summed E-state index contributed by atoms with van der Waals surface area (Å²) in [6, 6.07) is 0. The van der Waals surface area contributed by atoms with Crippen molar-refractivity contribution in [3.05, 3.63) is 0 Å². The number of carboxylic acid groups (broad SMARTS) is 1. The van der Waals surface area contributed by atoms with Crippen LogP contribution in [0.25, 0.3) is 0 Å². The highest BCUT2D eigenvalue weighted by Gasteiger charge is 2.54. The number of carboxylic acids is 1. The van der Waals surface area contributed by atoms with E-state index < -0.39 is 11.9 Å². The predicted octanol–water partition coefficient (Wildman–Crippen LogP) is 1.36. The van der Waals surface area contributed by atoms with E-state index in [0.29, 0.717) is 5.92 Å². The van der Waals surface area contributed by atoms with Crippen molar-refractivity contribution in [3.8, 4) is 0 Å². The second kappa shape index (κ2) is 4.00. The van der Waals surface area contributed by atoms with E-state index in [9.17, 15) is 14.7 Å². The van der Waals surface area contributed by atoms with Gasteiger partial charge in [0.25, 0.3) is 0 Å². The van der Waals surface area contributed by atoms with E-state index in [2.05, 4.69) is 0 Å².